The second-order valence-electron chi connectivity index (χ2n) is 7.06. The molecule has 1 atom stereocenters. The van der Waals surface area contributed by atoms with Gasteiger partial charge in [-0.2, -0.15) is 5.26 Å². The largest absolute Gasteiger partial charge is 0.465 e. The number of aromatic amines is 1. The van der Waals surface area contributed by atoms with Crippen molar-refractivity contribution in [1.29, 1.82) is 5.26 Å². The van der Waals surface area contributed by atoms with Crippen LogP contribution in [-0.2, 0) is 15.7 Å². The third-order valence-corrected chi connectivity index (χ3v) is 7.02. The van der Waals surface area contributed by atoms with Crippen molar-refractivity contribution in [2.45, 2.75) is 23.7 Å². The molecule has 1 aliphatic heterocycles. The Hall–Kier alpha value is -2.95. The maximum absolute atomic E-state index is 13.1. The molecule has 0 saturated carbocycles. The molecule has 1 N–H and O–H groups in total. The number of carbonyl (C=O) groups excluding carboxylic acids is 1. The SMILES string of the molecule is COC(=O)c1ccccc1S(=O)N1CCC(c2c[nH]c3ccc(C#N)cc23)CC1. The highest BCUT2D eigenvalue weighted by Gasteiger charge is 2.28. The number of nitriles is 1. The molecule has 1 aliphatic rings. The summed E-state index contributed by atoms with van der Waals surface area (Å²) in [6.07, 6.45) is 3.74. The lowest BCUT2D eigenvalue weighted by molar-refractivity contribution is 0.0596. The van der Waals surface area contributed by atoms with E-state index < -0.39 is 17.0 Å². The standard InChI is InChI=1S/C22H21N3O3S/c1-28-22(26)17-4-2-3-5-21(17)29(27)25-10-8-16(9-11-25)19-14-24-20-7-6-15(13-23)12-18(19)20/h2-7,12,14,16,24H,8-11H2,1H3. The van der Waals surface area contributed by atoms with Crippen LogP contribution in [0.4, 0.5) is 0 Å². The molecule has 0 aliphatic carbocycles. The molecule has 1 unspecified atom stereocenters. The fourth-order valence-corrected chi connectivity index (χ4v) is 5.27. The summed E-state index contributed by atoms with van der Waals surface area (Å²) in [5, 5.41) is 10.3. The van der Waals surface area contributed by atoms with Gasteiger partial charge in [0.05, 0.1) is 29.2 Å². The topological polar surface area (TPSA) is 86.2 Å². The fraction of sp³-hybridized carbons (Fsp3) is 0.273. The molecule has 0 amide bonds. The average molecular weight is 407 g/mol. The van der Waals surface area contributed by atoms with Gasteiger partial charge in [-0.15, -0.1) is 0 Å². The first-order valence-electron chi connectivity index (χ1n) is 9.47. The Labute approximate surface area is 171 Å². The molecule has 0 spiro atoms. The van der Waals surface area contributed by atoms with Gasteiger partial charge in [0.15, 0.2) is 0 Å². The number of methoxy groups -OCH3 is 1. The number of rotatable bonds is 4. The molecule has 29 heavy (non-hydrogen) atoms. The van der Waals surface area contributed by atoms with Gasteiger partial charge >= 0.3 is 5.97 Å². The summed E-state index contributed by atoms with van der Waals surface area (Å²) in [7, 11) is -0.0901. The Balaban J connectivity index is 1.51. The van der Waals surface area contributed by atoms with Crippen molar-refractivity contribution >= 4 is 27.9 Å². The molecular formula is C22H21N3O3S. The van der Waals surface area contributed by atoms with Crippen LogP contribution >= 0.6 is 0 Å². The molecular weight excluding hydrogens is 386 g/mol. The van der Waals surface area contributed by atoms with E-state index in [1.54, 1.807) is 24.3 Å². The molecule has 0 bridgehead atoms. The number of esters is 1. The summed E-state index contributed by atoms with van der Waals surface area (Å²) in [4.78, 5) is 15.8. The predicted molar refractivity (Wildman–Crippen MR) is 111 cm³/mol. The molecule has 6 nitrogen and oxygen atoms in total. The van der Waals surface area contributed by atoms with Crippen molar-refractivity contribution in [2.24, 2.45) is 0 Å². The van der Waals surface area contributed by atoms with E-state index in [1.165, 1.54) is 12.7 Å². The van der Waals surface area contributed by atoms with E-state index in [9.17, 15) is 14.3 Å². The van der Waals surface area contributed by atoms with E-state index in [1.807, 2.05) is 28.7 Å². The second kappa shape index (κ2) is 8.19. The van der Waals surface area contributed by atoms with E-state index in [2.05, 4.69) is 11.1 Å². The zero-order valence-electron chi connectivity index (χ0n) is 16.1. The van der Waals surface area contributed by atoms with Crippen molar-refractivity contribution < 1.29 is 13.7 Å². The summed E-state index contributed by atoms with van der Waals surface area (Å²) < 4.78 is 19.8. The van der Waals surface area contributed by atoms with Gasteiger partial charge in [0.1, 0.15) is 11.0 Å². The quantitative estimate of drug-likeness (QED) is 0.668. The summed E-state index contributed by atoms with van der Waals surface area (Å²) in [6, 6.07) is 14.8. The zero-order valence-corrected chi connectivity index (χ0v) is 16.9. The number of nitrogens with one attached hydrogen (secondary N) is 1. The average Bonchev–Trinajstić information content (AvgIpc) is 3.21. The monoisotopic (exact) mass is 407 g/mol. The highest BCUT2D eigenvalue weighted by Crippen LogP contribution is 2.34. The van der Waals surface area contributed by atoms with Gasteiger partial charge in [-0.25, -0.2) is 13.3 Å². The van der Waals surface area contributed by atoms with Crippen molar-refractivity contribution in [3.63, 3.8) is 0 Å². The van der Waals surface area contributed by atoms with E-state index in [0.29, 0.717) is 35.0 Å². The van der Waals surface area contributed by atoms with Crippen molar-refractivity contribution in [1.82, 2.24) is 9.29 Å². The van der Waals surface area contributed by atoms with Gasteiger partial charge in [-0.1, -0.05) is 12.1 Å². The Morgan fingerprint density at radius 3 is 2.72 bits per heavy atom. The smallest absolute Gasteiger partial charge is 0.339 e. The van der Waals surface area contributed by atoms with Gasteiger partial charge in [0.2, 0.25) is 0 Å². The lowest BCUT2D eigenvalue weighted by Gasteiger charge is -2.31. The molecule has 2 aromatic carbocycles. The summed E-state index contributed by atoms with van der Waals surface area (Å²) in [6.45, 7) is 1.33. The number of piperidine rings is 1. The minimum absolute atomic E-state index is 0.335. The minimum atomic E-state index is -1.42. The minimum Gasteiger partial charge on any atom is -0.465 e. The van der Waals surface area contributed by atoms with Gasteiger partial charge in [-0.05, 0) is 54.7 Å². The predicted octanol–water partition coefficient (Wildman–Crippen LogP) is 3.73. The molecule has 1 aromatic heterocycles. The van der Waals surface area contributed by atoms with Gasteiger partial charge in [0.25, 0.3) is 0 Å². The summed E-state index contributed by atoms with van der Waals surface area (Å²) >= 11 is 0. The number of carbonyl (C=O) groups is 1. The van der Waals surface area contributed by atoms with E-state index in [4.69, 9.17) is 4.74 Å². The van der Waals surface area contributed by atoms with Crippen LogP contribution in [0, 0.1) is 11.3 Å². The van der Waals surface area contributed by atoms with Gasteiger partial charge in [-0.3, -0.25) is 0 Å². The van der Waals surface area contributed by atoms with Crippen molar-refractivity contribution in [3.8, 4) is 6.07 Å². The highest BCUT2D eigenvalue weighted by atomic mass is 32.2. The first-order valence-corrected chi connectivity index (χ1v) is 10.6. The molecule has 2 heterocycles. The number of benzene rings is 2. The number of hydrogen-bond donors (Lipinski definition) is 1. The summed E-state index contributed by atoms with van der Waals surface area (Å²) in [5.74, 6) is -0.141. The lowest BCUT2D eigenvalue weighted by Crippen LogP contribution is -2.35. The number of ether oxygens (including phenoxy) is 1. The van der Waals surface area contributed by atoms with Gasteiger partial charge < -0.3 is 9.72 Å². The van der Waals surface area contributed by atoms with Crippen LogP contribution in [0.15, 0.2) is 53.6 Å². The Morgan fingerprint density at radius 2 is 2.00 bits per heavy atom. The molecule has 1 saturated heterocycles. The zero-order chi connectivity index (χ0) is 20.4. The molecule has 1 fully saturated rings. The number of H-pyrrole nitrogens is 1. The Morgan fingerprint density at radius 1 is 1.24 bits per heavy atom. The number of nitrogens with zero attached hydrogens (tertiary/aromatic N) is 2. The Kier molecular flexibility index (Phi) is 5.47. The van der Waals surface area contributed by atoms with Crippen molar-refractivity contribution in [3.05, 3.63) is 65.4 Å². The number of aromatic nitrogens is 1. The normalized spacial score (nSPS) is 16.4. The maximum Gasteiger partial charge on any atom is 0.339 e. The number of hydrogen-bond acceptors (Lipinski definition) is 4. The molecule has 0 radical (unpaired) electrons. The summed E-state index contributed by atoms with van der Waals surface area (Å²) in [5.41, 5.74) is 3.22. The third kappa shape index (κ3) is 3.69. The third-order valence-electron chi connectivity index (χ3n) is 5.45. The first-order chi connectivity index (χ1) is 14.1. The van der Waals surface area contributed by atoms with Crippen molar-refractivity contribution in [2.75, 3.05) is 20.2 Å². The van der Waals surface area contributed by atoms with Crippen LogP contribution in [0.25, 0.3) is 10.9 Å². The van der Waals surface area contributed by atoms with Crippen LogP contribution < -0.4 is 0 Å². The number of fused-ring (bicyclic) bond motifs is 1. The lowest BCUT2D eigenvalue weighted by atomic mass is 9.90. The van der Waals surface area contributed by atoms with E-state index in [-0.39, 0.29) is 0 Å². The van der Waals surface area contributed by atoms with Crippen LogP contribution in [0.3, 0.4) is 0 Å². The Bertz CT molecular complexity index is 1120. The van der Waals surface area contributed by atoms with Crippen LogP contribution in [0.1, 0.15) is 40.2 Å². The van der Waals surface area contributed by atoms with Crippen LogP contribution in [0.5, 0.6) is 0 Å². The molecule has 3 aromatic rings. The highest BCUT2D eigenvalue weighted by molar-refractivity contribution is 7.82. The second-order valence-corrected chi connectivity index (χ2v) is 8.51. The first kappa shape index (κ1) is 19.4. The van der Waals surface area contributed by atoms with E-state index in [0.717, 1.165) is 23.7 Å². The van der Waals surface area contributed by atoms with E-state index >= 15 is 0 Å². The molecule has 4 rings (SSSR count). The molecule has 148 valence electrons. The van der Waals surface area contributed by atoms with Crippen LogP contribution in [0.2, 0.25) is 0 Å². The van der Waals surface area contributed by atoms with Crippen LogP contribution in [-0.4, -0.2) is 39.7 Å². The fourth-order valence-electron chi connectivity index (χ4n) is 3.92. The maximum atomic E-state index is 13.1. The molecule has 7 heteroatoms. The van der Waals surface area contributed by atoms with Gasteiger partial charge in [0, 0.05) is 30.2 Å².